The van der Waals surface area contributed by atoms with Gasteiger partial charge >= 0.3 is 0 Å². The van der Waals surface area contributed by atoms with Crippen LogP contribution in [0.4, 0.5) is 0 Å². The third kappa shape index (κ3) is 2.70. The highest BCUT2D eigenvalue weighted by atomic mass is 32.1. The average Bonchev–Trinajstić information content (AvgIpc) is 2.82. The molecule has 0 saturated carbocycles. The molecule has 1 aromatic rings. The van der Waals surface area contributed by atoms with E-state index in [2.05, 4.69) is 5.32 Å². The highest BCUT2D eigenvalue weighted by Crippen LogP contribution is 2.32. The smallest absolute Gasteiger partial charge is 0.251 e. The summed E-state index contributed by atoms with van der Waals surface area (Å²) in [6, 6.07) is 5.06. The Bertz CT molecular complexity index is 490. The topological polar surface area (TPSA) is 73.6 Å². The Labute approximate surface area is 110 Å². The van der Waals surface area contributed by atoms with E-state index in [4.69, 9.17) is 27.4 Å². The maximum atomic E-state index is 11.9. The minimum atomic E-state index is -0.184. The number of rotatable bonds is 4. The number of amides is 1. The third-order valence-electron chi connectivity index (χ3n) is 2.69. The highest BCUT2D eigenvalue weighted by Gasteiger charge is 2.16. The molecule has 1 aliphatic rings. The van der Waals surface area contributed by atoms with Crippen LogP contribution in [-0.2, 0) is 0 Å². The third-order valence-corrected chi connectivity index (χ3v) is 3.09. The maximum absolute atomic E-state index is 11.9. The van der Waals surface area contributed by atoms with Gasteiger partial charge in [-0.2, -0.15) is 0 Å². The highest BCUT2D eigenvalue weighted by molar-refractivity contribution is 7.80. The van der Waals surface area contributed by atoms with Crippen LogP contribution in [0.15, 0.2) is 18.2 Å². The molecule has 18 heavy (non-hydrogen) atoms. The van der Waals surface area contributed by atoms with Gasteiger partial charge in [0.1, 0.15) is 0 Å². The lowest BCUT2D eigenvalue weighted by Gasteiger charge is -2.11. The molecule has 3 N–H and O–H groups in total. The van der Waals surface area contributed by atoms with Crippen molar-refractivity contribution < 1.29 is 14.3 Å². The number of hydrogen-bond acceptors (Lipinski definition) is 4. The summed E-state index contributed by atoms with van der Waals surface area (Å²) in [4.78, 5) is 12.3. The van der Waals surface area contributed by atoms with Crippen molar-refractivity contribution in [1.82, 2.24) is 5.32 Å². The van der Waals surface area contributed by atoms with Gasteiger partial charge in [-0.25, -0.2) is 0 Å². The summed E-state index contributed by atoms with van der Waals surface area (Å²) >= 11 is 4.84. The van der Waals surface area contributed by atoms with Crippen LogP contribution in [0, 0.1) is 5.92 Å². The molecule has 0 aliphatic carbocycles. The van der Waals surface area contributed by atoms with E-state index in [9.17, 15) is 4.79 Å². The molecule has 1 amide bonds. The Balaban J connectivity index is 1.99. The standard InChI is InChI=1S/C12H14N2O3S/c1-7(11(13)18)5-14-12(15)8-2-3-9-10(4-8)17-6-16-9/h2-4,7H,5-6H2,1H3,(H2,13,18)(H,14,15). The molecular formula is C12H14N2O3S. The van der Waals surface area contributed by atoms with Gasteiger partial charge in [0.05, 0.1) is 4.99 Å². The van der Waals surface area contributed by atoms with E-state index in [1.807, 2.05) is 6.92 Å². The first-order valence-electron chi connectivity index (χ1n) is 5.55. The lowest BCUT2D eigenvalue weighted by molar-refractivity contribution is 0.0951. The second kappa shape index (κ2) is 5.22. The Morgan fingerprint density at radius 1 is 1.50 bits per heavy atom. The quantitative estimate of drug-likeness (QED) is 0.797. The van der Waals surface area contributed by atoms with Crippen LogP contribution in [0.3, 0.4) is 0 Å². The van der Waals surface area contributed by atoms with Crippen LogP contribution in [0.5, 0.6) is 11.5 Å². The number of thiocarbonyl (C=S) groups is 1. The van der Waals surface area contributed by atoms with Crippen molar-refractivity contribution in [2.45, 2.75) is 6.92 Å². The number of carbonyl (C=O) groups excluding carboxylic acids is 1. The molecule has 1 aromatic carbocycles. The molecule has 6 heteroatoms. The molecule has 0 aromatic heterocycles. The minimum Gasteiger partial charge on any atom is -0.454 e. The molecule has 0 bridgehead atoms. The second-order valence-electron chi connectivity index (χ2n) is 4.08. The van der Waals surface area contributed by atoms with Crippen LogP contribution in [-0.4, -0.2) is 24.2 Å². The minimum absolute atomic E-state index is 0.0297. The fraction of sp³-hybridized carbons (Fsp3) is 0.333. The zero-order valence-corrected chi connectivity index (χ0v) is 10.8. The number of nitrogens with two attached hydrogens (primary N) is 1. The largest absolute Gasteiger partial charge is 0.454 e. The van der Waals surface area contributed by atoms with Crippen molar-refractivity contribution in [1.29, 1.82) is 0 Å². The number of nitrogens with one attached hydrogen (secondary N) is 1. The number of benzene rings is 1. The van der Waals surface area contributed by atoms with Crippen LogP contribution in [0.2, 0.25) is 0 Å². The summed E-state index contributed by atoms with van der Waals surface area (Å²) in [5, 5.41) is 2.77. The molecule has 1 heterocycles. The number of ether oxygens (including phenoxy) is 2. The van der Waals surface area contributed by atoms with Gasteiger partial charge in [-0.1, -0.05) is 19.1 Å². The number of carbonyl (C=O) groups is 1. The zero-order chi connectivity index (χ0) is 13.1. The van der Waals surface area contributed by atoms with Gasteiger partial charge in [0, 0.05) is 18.0 Å². The van der Waals surface area contributed by atoms with E-state index < -0.39 is 0 Å². The van der Waals surface area contributed by atoms with Gasteiger partial charge in [-0.15, -0.1) is 0 Å². The Morgan fingerprint density at radius 3 is 2.94 bits per heavy atom. The Morgan fingerprint density at radius 2 is 2.22 bits per heavy atom. The first-order valence-corrected chi connectivity index (χ1v) is 5.96. The lowest BCUT2D eigenvalue weighted by Crippen LogP contribution is -2.33. The van der Waals surface area contributed by atoms with Gasteiger partial charge in [-0.3, -0.25) is 4.79 Å². The number of hydrogen-bond donors (Lipinski definition) is 2. The van der Waals surface area contributed by atoms with Crippen molar-refractivity contribution >= 4 is 23.1 Å². The van der Waals surface area contributed by atoms with Crippen molar-refractivity contribution in [3.05, 3.63) is 23.8 Å². The molecule has 1 atom stereocenters. The summed E-state index contributed by atoms with van der Waals surface area (Å²) in [5.41, 5.74) is 6.00. The summed E-state index contributed by atoms with van der Waals surface area (Å²) in [6.07, 6.45) is 0. The van der Waals surface area contributed by atoms with Crippen molar-refractivity contribution in [2.24, 2.45) is 11.7 Å². The molecule has 0 saturated heterocycles. The van der Waals surface area contributed by atoms with Gasteiger partial charge in [-0.05, 0) is 18.2 Å². The molecule has 1 unspecified atom stereocenters. The molecule has 2 rings (SSSR count). The molecular weight excluding hydrogens is 252 g/mol. The maximum Gasteiger partial charge on any atom is 0.251 e. The average molecular weight is 266 g/mol. The summed E-state index contributed by atoms with van der Waals surface area (Å²) in [7, 11) is 0. The number of fused-ring (bicyclic) bond motifs is 1. The van der Waals surface area contributed by atoms with Crippen molar-refractivity contribution in [3.8, 4) is 11.5 Å². The van der Waals surface area contributed by atoms with Gasteiger partial charge < -0.3 is 20.5 Å². The molecule has 0 spiro atoms. The molecule has 96 valence electrons. The summed E-state index contributed by atoms with van der Waals surface area (Å²) in [6.45, 7) is 2.48. The first kappa shape index (κ1) is 12.6. The van der Waals surface area contributed by atoms with Crippen LogP contribution >= 0.6 is 12.2 Å². The van der Waals surface area contributed by atoms with Gasteiger partial charge in [0.2, 0.25) is 6.79 Å². The molecule has 1 aliphatic heterocycles. The van der Waals surface area contributed by atoms with E-state index in [-0.39, 0.29) is 18.6 Å². The predicted octanol–water partition coefficient (Wildman–Crippen LogP) is 1.07. The Hall–Kier alpha value is -1.82. The summed E-state index contributed by atoms with van der Waals surface area (Å²) in [5.74, 6) is 1.03. The normalized spacial score (nSPS) is 14.1. The van der Waals surface area contributed by atoms with Crippen molar-refractivity contribution in [3.63, 3.8) is 0 Å². The zero-order valence-electron chi connectivity index (χ0n) is 9.93. The fourth-order valence-electron chi connectivity index (χ4n) is 1.49. The first-order chi connectivity index (χ1) is 8.58. The fourth-order valence-corrected chi connectivity index (χ4v) is 1.57. The van der Waals surface area contributed by atoms with E-state index in [1.165, 1.54) is 0 Å². The van der Waals surface area contributed by atoms with E-state index in [1.54, 1.807) is 18.2 Å². The van der Waals surface area contributed by atoms with E-state index in [0.717, 1.165) is 0 Å². The van der Waals surface area contributed by atoms with Gasteiger partial charge in [0.25, 0.3) is 5.91 Å². The van der Waals surface area contributed by atoms with Crippen LogP contribution in [0.25, 0.3) is 0 Å². The van der Waals surface area contributed by atoms with Gasteiger partial charge in [0.15, 0.2) is 11.5 Å². The molecule has 5 nitrogen and oxygen atoms in total. The monoisotopic (exact) mass is 266 g/mol. The van der Waals surface area contributed by atoms with Crippen molar-refractivity contribution in [2.75, 3.05) is 13.3 Å². The lowest BCUT2D eigenvalue weighted by atomic mass is 10.1. The summed E-state index contributed by atoms with van der Waals surface area (Å²) < 4.78 is 10.4. The van der Waals surface area contributed by atoms with E-state index >= 15 is 0 Å². The SMILES string of the molecule is CC(CNC(=O)c1ccc2c(c1)OCO2)C(N)=S. The predicted molar refractivity (Wildman–Crippen MR) is 70.8 cm³/mol. The van der Waals surface area contributed by atoms with E-state index in [0.29, 0.717) is 28.6 Å². The molecule has 0 radical (unpaired) electrons. The second-order valence-corrected chi connectivity index (χ2v) is 4.55. The van der Waals surface area contributed by atoms with Crippen LogP contribution < -0.4 is 20.5 Å². The molecule has 0 fully saturated rings. The Kier molecular flexibility index (Phi) is 3.66. The van der Waals surface area contributed by atoms with Crippen LogP contribution in [0.1, 0.15) is 17.3 Å².